The number of ether oxygens (including phenoxy) is 1. The summed E-state index contributed by atoms with van der Waals surface area (Å²) in [5.41, 5.74) is -0.0784. The van der Waals surface area contributed by atoms with Gasteiger partial charge in [0.1, 0.15) is 17.7 Å². The lowest BCUT2D eigenvalue weighted by Gasteiger charge is -2.20. The summed E-state index contributed by atoms with van der Waals surface area (Å²) in [5.74, 6) is -1.25. The molecule has 3 N–H and O–H groups in total. The molecule has 1 aromatic carbocycles. The summed E-state index contributed by atoms with van der Waals surface area (Å²) < 4.78 is 41.5. The smallest absolute Gasteiger partial charge is 0.387 e. The van der Waals surface area contributed by atoms with E-state index in [1.54, 1.807) is 7.05 Å². The number of aliphatic hydroxyl groups is 2. The molecule has 19 heavy (non-hydrogen) atoms. The van der Waals surface area contributed by atoms with Gasteiger partial charge in [0.15, 0.2) is 0 Å². The van der Waals surface area contributed by atoms with Crippen LogP contribution < -0.4 is 10.1 Å². The summed E-state index contributed by atoms with van der Waals surface area (Å²) in [6, 6.07) is 2.86. The average molecular weight is 279 g/mol. The van der Waals surface area contributed by atoms with Gasteiger partial charge in [-0.25, -0.2) is 4.39 Å². The average Bonchev–Trinajstić information content (AvgIpc) is 2.34. The summed E-state index contributed by atoms with van der Waals surface area (Å²) in [7, 11) is 1.67. The number of halogens is 3. The molecule has 0 radical (unpaired) electrons. The maximum atomic E-state index is 13.0. The van der Waals surface area contributed by atoms with Crippen LogP contribution in [0.25, 0.3) is 0 Å². The largest absolute Gasteiger partial charge is 0.434 e. The standard InChI is InChI=1S/C12H16F3NO3/c1-16-5-4-9(17)11(18)8-3-2-7(13)6-10(8)19-12(14)15/h2-3,6,9,11-12,16-18H,4-5H2,1H3. The fraction of sp³-hybridized carbons (Fsp3) is 0.500. The molecule has 0 saturated heterocycles. The maximum Gasteiger partial charge on any atom is 0.387 e. The lowest BCUT2D eigenvalue weighted by molar-refractivity contribution is -0.0542. The first-order valence-electron chi connectivity index (χ1n) is 5.70. The number of aliphatic hydroxyl groups excluding tert-OH is 2. The zero-order valence-corrected chi connectivity index (χ0v) is 10.3. The highest BCUT2D eigenvalue weighted by Gasteiger charge is 2.23. The molecule has 4 nitrogen and oxygen atoms in total. The van der Waals surface area contributed by atoms with Gasteiger partial charge in [0.25, 0.3) is 0 Å². The third-order valence-electron chi connectivity index (χ3n) is 2.56. The van der Waals surface area contributed by atoms with Crippen molar-refractivity contribution in [1.82, 2.24) is 5.32 Å². The fourth-order valence-corrected chi connectivity index (χ4v) is 1.61. The lowest BCUT2D eigenvalue weighted by Crippen LogP contribution is -2.24. The van der Waals surface area contributed by atoms with Crippen molar-refractivity contribution < 1.29 is 28.1 Å². The Labute approximate surface area is 108 Å². The second kappa shape index (κ2) is 7.32. The highest BCUT2D eigenvalue weighted by atomic mass is 19.3. The first kappa shape index (κ1) is 15.7. The molecule has 0 heterocycles. The number of hydrogen-bond donors (Lipinski definition) is 3. The minimum atomic E-state index is -3.14. The van der Waals surface area contributed by atoms with E-state index in [-0.39, 0.29) is 12.0 Å². The van der Waals surface area contributed by atoms with Crippen molar-refractivity contribution in [2.45, 2.75) is 25.2 Å². The van der Waals surface area contributed by atoms with E-state index in [1.807, 2.05) is 0 Å². The van der Waals surface area contributed by atoms with Crippen LogP contribution in [0.5, 0.6) is 5.75 Å². The zero-order valence-electron chi connectivity index (χ0n) is 10.3. The molecule has 2 unspecified atom stereocenters. The van der Waals surface area contributed by atoms with Gasteiger partial charge >= 0.3 is 6.61 Å². The maximum absolute atomic E-state index is 13.0. The van der Waals surface area contributed by atoms with Gasteiger partial charge in [-0.15, -0.1) is 0 Å². The van der Waals surface area contributed by atoms with Crippen LogP contribution in [0.3, 0.4) is 0 Å². The normalized spacial score (nSPS) is 14.5. The number of nitrogens with one attached hydrogen (secondary N) is 1. The van der Waals surface area contributed by atoms with Crippen LogP contribution in [-0.4, -0.2) is 36.5 Å². The van der Waals surface area contributed by atoms with E-state index in [2.05, 4.69) is 10.1 Å². The van der Waals surface area contributed by atoms with Crippen molar-refractivity contribution in [3.8, 4) is 5.75 Å². The molecule has 0 fully saturated rings. The Morgan fingerprint density at radius 1 is 1.32 bits per heavy atom. The third-order valence-corrected chi connectivity index (χ3v) is 2.56. The molecule has 0 aliphatic carbocycles. The van der Waals surface area contributed by atoms with Crippen molar-refractivity contribution in [3.63, 3.8) is 0 Å². The van der Waals surface area contributed by atoms with Crippen molar-refractivity contribution in [2.24, 2.45) is 0 Å². The Kier molecular flexibility index (Phi) is 6.07. The number of alkyl halides is 2. The Hall–Kier alpha value is -1.31. The Morgan fingerprint density at radius 2 is 2.00 bits per heavy atom. The molecule has 0 aromatic heterocycles. The molecular formula is C12H16F3NO3. The lowest BCUT2D eigenvalue weighted by atomic mass is 10.0. The van der Waals surface area contributed by atoms with Gasteiger partial charge in [-0.1, -0.05) is 0 Å². The topological polar surface area (TPSA) is 61.7 Å². The van der Waals surface area contributed by atoms with Crippen molar-refractivity contribution >= 4 is 0 Å². The van der Waals surface area contributed by atoms with Gasteiger partial charge in [0.05, 0.1) is 6.10 Å². The van der Waals surface area contributed by atoms with E-state index < -0.39 is 30.4 Å². The predicted octanol–water partition coefficient (Wildman–Crippen LogP) is 1.43. The summed E-state index contributed by atoms with van der Waals surface area (Å²) in [6.45, 7) is -2.70. The SMILES string of the molecule is CNCCC(O)C(O)c1ccc(F)cc1OC(F)F. The van der Waals surface area contributed by atoms with E-state index in [1.165, 1.54) is 0 Å². The molecule has 1 aromatic rings. The van der Waals surface area contributed by atoms with E-state index in [9.17, 15) is 23.4 Å². The monoisotopic (exact) mass is 279 g/mol. The van der Waals surface area contributed by atoms with Crippen LogP contribution in [0.4, 0.5) is 13.2 Å². The first-order valence-corrected chi connectivity index (χ1v) is 5.70. The Morgan fingerprint density at radius 3 is 2.58 bits per heavy atom. The highest BCUT2D eigenvalue weighted by molar-refractivity contribution is 5.36. The molecule has 2 atom stereocenters. The van der Waals surface area contributed by atoms with Crippen LogP contribution in [-0.2, 0) is 0 Å². The fourth-order valence-electron chi connectivity index (χ4n) is 1.61. The van der Waals surface area contributed by atoms with E-state index in [0.29, 0.717) is 6.54 Å². The Bertz CT molecular complexity index is 404. The molecular weight excluding hydrogens is 263 g/mol. The minimum absolute atomic E-state index is 0.0784. The molecule has 0 saturated carbocycles. The van der Waals surface area contributed by atoms with Crippen molar-refractivity contribution in [3.05, 3.63) is 29.6 Å². The van der Waals surface area contributed by atoms with Crippen LogP contribution >= 0.6 is 0 Å². The zero-order chi connectivity index (χ0) is 14.4. The summed E-state index contributed by atoms with van der Waals surface area (Å²) in [5, 5.41) is 22.4. The van der Waals surface area contributed by atoms with Crippen LogP contribution in [0.1, 0.15) is 18.1 Å². The molecule has 0 bridgehead atoms. The van der Waals surface area contributed by atoms with Gasteiger partial charge in [-0.2, -0.15) is 8.78 Å². The number of hydrogen-bond acceptors (Lipinski definition) is 4. The first-order chi connectivity index (χ1) is 8.95. The van der Waals surface area contributed by atoms with Gasteiger partial charge in [0, 0.05) is 11.6 Å². The third kappa shape index (κ3) is 4.70. The summed E-state index contributed by atoms with van der Waals surface area (Å²) in [6.07, 6.45) is -2.39. The molecule has 7 heteroatoms. The second-order valence-electron chi connectivity index (χ2n) is 3.97. The van der Waals surface area contributed by atoms with E-state index >= 15 is 0 Å². The second-order valence-corrected chi connectivity index (χ2v) is 3.97. The molecule has 108 valence electrons. The van der Waals surface area contributed by atoms with Crippen LogP contribution in [0.15, 0.2) is 18.2 Å². The summed E-state index contributed by atoms with van der Waals surface area (Å²) in [4.78, 5) is 0. The number of rotatable bonds is 7. The van der Waals surface area contributed by atoms with Gasteiger partial charge in [-0.3, -0.25) is 0 Å². The van der Waals surface area contributed by atoms with E-state index in [4.69, 9.17) is 0 Å². The van der Waals surface area contributed by atoms with E-state index in [0.717, 1.165) is 18.2 Å². The molecule has 0 spiro atoms. The number of benzene rings is 1. The van der Waals surface area contributed by atoms with Gasteiger partial charge < -0.3 is 20.3 Å². The minimum Gasteiger partial charge on any atom is -0.434 e. The van der Waals surface area contributed by atoms with Crippen LogP contribution in [0.2, 0.25) is 0 Å². The van der Waals surface area contributed by atoms with Gasteiger partial charge in [0.2, 0.25) is 0 Å². The van der Waals surface area contributed by atoms with Gasteiger partial charge in [-0.05, 0) is 32.1 Å². The summed E-state index contributed by atoms with van der Waals surface area (Å²) >= 11 is 0. The molecule has 0 amide bonds. The molecule has 0 aliphatic rings. The van der Waals surface area contributed by atoms with Crippen molar-refractivity contribution in [2.75, 3.05) is 13.6 Å². The van der Waals surface area contributed by atoms with Crippen molar-refractivity contribution in [1.29, 1.82) is 0 Å². The van der Waals surface area contributed by atoms with Crippen LogP contribution in [0, 0.1) is 5.82 Å². The molecule has 0 aliphatic heterocycles. The quantitative estimate of drug-likeness (QED) is 0.706. The Balaban J connectivity index is 2.91. The highest BCUT2D eigenvalue weighted by Crippen LogP contribution is 2.30. The molecule has 1 rings (SSSR count). The predicted molar refractivity (Wildman–Crippen MR) is 62.5 cm³/mol.